The highest BCUT2D eigenvalue weighted by molar-refractivity contribution is 5.95. The van der Waals surface area contributed by atoms with Gasteiger partial charge in [0, 0.05) is 23.2 Å². The number of allylic oxidation sites excluding steroid dienone is 3. The molecule has 5 N–H and O–H groups in total. The molecule has 0 aromatic heterocycles. The molecule has 13 atom stereocenters. The van der Waals surface area contributed by atoms with Crippen molar-refractivity contribution >= 4 is 5.78 Å². The summed E-state index contributed by atoms with van der Waals surface area (Å²) in [6, 6.07) is 0. The second-order valence-corrected chi connectivity index (χ2v) is 17.4. The Morgan fingerprint density at radius 1 is 0.911 bits per heavy atom. The second-order valence-electron chi connectivity index (χ2n) is 17.4. The monoisotopic (exact) mass is 620 g/mol. The van der Waals surface area contributed by atoms with Crippen LogP contribution in [0.4, 0.5) is 0 Å². The van der Waals surface area contributed by atoms with Crippen molar-refractivity contribution in [1.29, 1.82) is 0 Å². The van der Waals surface area contributed by atoms with Crippen LogP contribution < -0.4 is 0 Å². The largest absolute Gasteiger partial charge is 0.396 e. The van der Waals surface area contributed by atoms with Gasteiger partial charge >= 0.3 is 0 Å². The van der Waals surface area contributed by atoms with Gasteiger partial charge in [0.15, 0.2) is 5.78 Å². The van der Waals surface area contributed by atoms with Gasteiger partial charge in [-0.15, -0.1) is 0 Å². The molecule has 0 unspecified atom stereocenters. The van der Waals surface area contributed by atoms with Gasteiger partial charge in [-0.2, -0.15) is 0 Å². The first-order chi connectivity index (χ1) is 21.5. The lowest BCUT2D eigenvalue weighted by molar-refractivity contribution is -0.166. The summed E-state index contributed by atoms with van der Waals surface area (Å²) in [5.41, 5.74) is 4.50. The molecule has 5 fully saturated rings. The van der Waals surface area contributed by atoms with Crippen LogP contribution in [-0.2, 0) is 4.79 Å². The highest BCUT2D eigenvalue weighted by Crippen LogP contribution is 2.70. The summed E-state index contributed by atoms with van der Waals surface area (Å²) in [5, 5.41) is 58.1. The van der Waals surface area contributed by atoms with Crippen LogP contribution >= 0.6 is 0 Å². The Kier molecular flexibility index (Phi) is 7.29. The van der Waals surface area contributed by atoms with Gasteiger partial charge in [-0.1, -0.05) is 49.5 Å². The summed E-state index contributed by atoms with van der Waals surface area (Å²) in [4.78, 5) is 13.7. The first-order valence-electron chi connectivity index (χ1n) is 18.6. The molecule has 8 rings (SSSR count). The number of rotatable bonds is 3. The van der Waals surface area contributed by atoms with Gasteiger partial charge in [-0.05, 0) is 130 Å². The molecule has 45 heavy (non-hydrogen) atoms. The number of hydrogen-bond donors (Lipinski definition) is 5. The van der Waals surface area contributed by atoms with Crippen LogP contribution in [0.1, 0.15) is 111 Å². The smallest absolute Gasteiger partial charge is 0.159 e. The molecule has 6 nitrogen and oxygen atoms in total. The molecule has 0 radical (unpaired) electrons. The molecule has 0 aromatic rings. The van der Waals surface area contributed by atoms with Gasteiger partial charge in [0.2, 0.25) is 0 Å². The van der Waals surface area contributed by atoms with Crippen molar-refractivity contribution in [3.63, 3.8) is 0 Å². The summed E-state index contributed by atoms with van der Waals surface area (Å²) in [5.74, 6) is 0.977. The van der Waals surface area contributed by atoms with Crippen molar-refractivity contribution < 1.29 is 30.3 Å². The minimum Gasteiger partial charge on any atom is -0.396 e. The molecule has 248 valence electrons. The van der Waals surface area contributed by atoms with E-state index in [1.165, 1.54) is 44.1 Å². The van der Waals surface area contributed by atoms with E-state index in [0.29, 0.717) is 37.0 Å². The van der Waals surface area contributed by atoms with E-state index in [1.54, 1.807) is 22.8 Å². The zero-order valence-electron chi connectivity index (χ0n) is 27.7. The van der Waals surface area contributed by atoms with E-state index in [0.717, 1.165) is 31.3 Å². The Bertz CT molecular complexity index is 1340. The third-order valence-electron chi connectivity index (χ3n) is 15.5. The van der Waals surface area contributed by atoms with Crippen LogP contribution in [0, 0.1) is 58.2 Å². The van der Waals surface area contributed by atoms with Gasteiger partial charge in [0.1, 0.15) is 0 Å². The fourth-order valence-corrected chi connectivity index (χ4v) is 13.7. The molecule has 5 saturated carbocycles. The molecule has 0 spiro atoms. The maximum atomic E-state index is 13.7. The van der Waals surface area contributed by atoms with Crippen LogP contribution in [0.2, 0.25) is 0 Å². The zero-order chi connectivity index (χ0) is 31.6. The van der Waals surface area contributed by atoms with Crippen molar-refractivity contribution in [3.8, 4) is 0 Å². The normalized spacial score (nSPS) is 50.9. The van der Waals surface area contributed by atoms with E-state index < -0.39 is 34.7 Å². The Hall–Kier alpha value is -1.31. The van der Waals surface area contributed by atoms with Gasteiger partial charge < -0.3 is 25.5 Å². The molecule has 0 aromatic carbocycles. The minimum atomic E-state index is -1.31. The first kappa shape index (κ1) is 31.0. The molecule has 6 heteroatoms. The number of fused-ring (bicyclic) bond motifs is 7. The highest BCUT2D eigenvalue weighted by Gasteiger charge is 2.70. The third kappa shape index (κ3) is 4.01. The van der Waals surface area contributed by atoms with Crippen molar-refractivity contribution in [2.75, 3.05) is 6.61 Å². The predicted molar refractivity (Wildman–Crippen MR) is 172 cm³/mol. The predicted octanol–water partition coefficient (Wildman–Crippen LogP) is 5.41. The van der Waals surface area contributed by atoms with E-state index in [2.05, 4.69) is 20.8 Å². The van der Waals surface area contributed by atoms with Crippen molar-refractivity contribution in [1.82, 2.24) is 0 Å². The molecule has 0 aliphatic heterocycles. The van der Waals surface area contributed by atoms with E-state index in [9.17, 15) is 30.3 Å². The Morgan fingerprint density at radius 3 is 2.44 bits per heavy atom. The summed E-state index contributed by atoms with van der Waals surface area (Å²) in [6.45, 7) is 6.56. The number of hydrogen-bond acceptors (Lipinski definition) is 6. The van der Waals surface area contributed by atoms with Gasteiger partial charge in [0.05, 0.1) is 30.5 Å². The molecule has 8 aliphatic rings. The first-order valence-corrected chi connectivity index (χ1v) is 18.6. The van der Waals surface area contributed by atoms with Crippen molar-refractivity contribution in [2.24, 2.45) is 58.2 Å². The number of aliphatic hydroxyl groups is 5. The molecule has 0 saturated heterocycles. The average Bonchev–Trinajstić information content (AvgIpc) is 3.33. The topological polar surface area (TPSA) is 118 Å². The van der Waals surface area contributed by atoms with Crippen molar-refractivity contribution in [2.45, 2.75) is 135 Å². The third-order valence-corrected chi connectivity index (χ3v) is 15.5. The van der Waals surface area contributed by atoms with Crippen LogP contribution in [0.25, 0.3) is 0 Å². The Balaban J connectivity index is 1.19. The summed E-state index contributed by atoms with van der Waals surface area (Å²) < 4.78 is 0. The van der Waals surface area contributed by atoms with Crippen LogP contribution in [0.5, 0.6) is 0 Å². The maximum absolute atomic E-state index is 13.7. The highest BCUT2D eigenvalue weighted by atomic mass is 16.3. The number of carbonyl (C=O) groups excluding carboxylic acids is 1. The quantitative estimate of drug-likeness (QED) is 0.269. The summed E-state index contributed by atoms with van der Waals surface area (Å²) >= 11 is 0. The minimum absolute atomic E-state index is 0.00908. The van der Waals surface area contributed by atoms with E-state index in [1.807, 2.05) is 0 Å². The number of carbonyl (C=O) groups is 1. The van der Waals surface area contributed by atoms with E-state index in [4.69, 9.17) is 0 Å². The lowest BCUT2D eigenvalue weighted by atomic mass is 9.44. The lowest BCUT2D eigenvalue weighted by Crippen LogP contribution is -2.63. The van der Waals surface area contributed by atoms with E-state index in [-0.39, 0.29) is 48.4 Å². The van der Waals surface area contributed by atoms with Gasteiger partial charge in [0.25, 0.3) is 0 Å². The fourth-order valence-electron chi connectivity index (χ4n) is 13.7. The molecule has 0 bridgehead atoms. The van der Waals surface area contributed by atoms with Crippen molar-refractivity contribution in [3.05, 3.63) is 33.9 Å². The molecular formula is C39H56O6. The Labute approximate surface area is 269 Å². The number of ketones is 1. The van der Waals surface area contributed by atoms with Crippen LogP contribution in [0.3, 0.4) is 0 Å². The lowest BCUT2D eigenvalue weighted by Gasteiger charge is -2.61. The van der Waals surface area contributed by atoms with Crippen LogP contribution in [0.15, 0.2) is 33.9 Å². The number of aliphatic hydroxyl groups excluding tert-OH is 4. The fraction of sp³-hybridized carbons (Fsp3) is 0.821. The standard InChI is InChI=1S/C39H56O6/c1-20(2)33-23-9-5-4-8-22(23)24-10-6-7-21-15-25(36(44)35(33)34(21)24)26-12-14-39(45)28-16-30(41)29-17-31(42)32(43)18-37(29,3)27(28)11-13-38(26,39)19-40/h16,20-22,25-27,29,31-32,35-36,40,42-45H,4-15,17-19H2,1-3H3/t21-,22-,25+,26-,27+,29+,31-,32+,35+,36+,37-,38+,39-/m1/s1. The Morgan fingerprint density at radius 2 is 1.69 bits per heavy atom. The average molecular weight is 621 g/mol. The molecule has 0 heterocycles. The maximum Gasteiger partial charge on any atom is 0.159 e. The molecular weight excluding hydrogens is 564 g/mol. The summed E-state index contributed by atoms with van der Waals surface area (Å²) in [7, 11) is 0. The van der Waals surface area contributed by atoms with Crippen LogP contribution in [-0.4, -0.2) is 61.8 Å². The molecule has 0 amide bonds. The zero-order valence-corrected chi connectivity index (χ0v) is 27.7. The van der Waals surface area contributed by atoms with E-state index >= 15 is 0 Å². The SMILES string of the molecule is CC(C)C1=C2CCCC[C@H]2C2=C3[C@H](CCC2)C[C@@H]([C@H]2CC[C@@]4(O)C5=CC(=O)[C@@H]6C[C@@H](O)[C@@H](O)C[C@]6(C)[C@H]5CC[C@]24CO)[C@H](O)[C@@H]13. The van der Waals surface area contributed by atoms with Gasteiger partial charge in [-0.25, -0.2) is 0 Å². The summed E-state index contributed by atoms with van der Waals surface area (Å²) in [6.07, 6.45) is 12.1. The molecule has 8 aliphatic carbocycles. The second kappa shape index (κ2) is 10.6. The van der Waals surface area contributed by atoms with Gasteiger partial charge in [-0.3, -0.25) is 4.79 Å².